The summed E-state index contributed by atoms with van der Waals surface area (Å²) >= 11 is 0. The van der Waals surface area contributed by atoms with Crippen molar-refractivity contribution in [3.8, 4) is 11.4 Å². The van der Waals surface area contributed by atoms with Crippen LogP contribution in [0.4, 0.5) is 0 Å². The van der Waals surface area contributed by atoms with Crippen LogP contribution in [0.3, 0.4) is 0 Å². The Morgan fingerprint density at radius 3 is 2.38 bits per heavy atom. The van der Waals surface area contributed by atoms with Gasteiger partial charge in [-0.05, 0) is 37.6 Å². The highest BCUT2D eigenvalue weighted by molar-refractivity contribution is 5.94. The van der Waals surface area contributed by atoms with Gasteiger partial charge in [-0.15, -0.1) is 0 Å². The number of nitrogens with zero attached hydrogens (tertiary/aromatic N) is 4. The highest BCUT2D eigenvalue weighted by Crippen LogP contribution is 2.17. The molecule has 1 fully saturated rings. The first kappa shape index (κ1) is 23.6. The number of nitrogens with one attached hydrogen (secondary N) is 1. The number of hydrogen-bond donors (Lipinski definition) is 1. The van der Waals surface area contributed by atoms with E-state index >= 15 is 0 Å². The average molecular weight is 462 g/mol. The largest absolute Gasteiger partial charge is 0.352 e. The molecule has 1 N–H and O–H groups in total. The Balaban J connectivity index is 1.19. The first-order chi connectivity index (χ1) is 16.5. The molecule has 1 aromatic heterocycles. The number of carbonyl (C=O) groups is 2. The topological polar surface area (TPSA) is 91.6 Å². The molecule has 0 spiro atoms. The minimum Gasteiger partial charge on any atom is -0.352 e. The van der Waals surface area contributed by atoms with E-state index in [-0.39, 0.29) is 11.8 Å². The Morgan fingerprint density at radius 2 is 1.71 bits per heavy atom. The summed E-state index contributed by atoms with van der Waals surface area (Å²) < 4.78 is 5.42. The molecule has 4 rings (SSSR count). The lowest BCUT2D eigenvalue weighted by molar-refractivity contribution is -0.119. The Labute approximate surface area is 199 Å². The van der Waals surface area contributed by atoms with Crippen LogP contribution in [-0.4, -0.2) is 64.5 Å². The van der Waals surface area contributed by atoms with E-state index in [0.717, 1.165) is 43.6 Å². The number of carbonyl (C=O) groups excluding carboxylic acids is 2. The summed E-state index contributed by atoms with van der Waals surface area (Å²) in [4.78, 5) is 32.7. The van der Waals surface area contributed by atoms with Gasteiger partial charge in [0.15, 0.2) is 0 Å². The lowest BCUT2D eigenvalue weighted by atomic mass is 10.1. The van der Waals surface area contributed by atoms with Crippen LogP contribution in [-0.2, 0) is 17.8 Å². The second kappa shape index (κ2) is 11.1. The van der Waals surface area contributed by atoms with Gasteiger partial charge >= 0.3 is 0 Å². The zero-order valence-corrected chi connectivity index (χ0v) is 19.8. The van der Waals surface area contributed by atoms with Crippen LogP contribution in [0.2, 0.25) is 0 Å². The fraction of sp³-hybridized carbons (Fsp3) is 0.385. The SMILES string of the molecule is CC(=O)NCc1ccc(C(=O)N2CCN(CCCc3nc(-c4ccc(C)cc4)no3)CC2)cc1. The number of benzene rings is 2. The lowest BCUT2D eigenvalue weighted by Crippen LogP contribution is -2.48. The van der Waals surface area contributed by atoms with E-state index in [9.17, 15) is 9.59 Å². The van der Waals surface area contributed by atoms with E-state index in [1.165, 1.54) is 12.5 Å². The summed E-state index contributed by atoms with van der Waals surface area (Å²) in [7, 11) is 0. The van der Waals surface area contributed by atoms with Crippen LogP contribution in [0.15, 0.2) is 53.1 Å². The molecule has 0 aliphatic carbocycles. The van der Waals surface area contributed by atoms with Crippen molar-refractivity contribution in [2.24, 2.45) is 0 Å². The molecule has 8 nitrogen and oxygen atoms in total. The van der Waals surface area contributed by atoms with Crippen molar-refractivity contribution in [3.63, 3.8) is 0 Å². The van der Waals surface area contributed by atoms with Gasteiger partial charge in [-0.3, -0.25) is 14.5 Å². The smallest absolute Gasteiger partial charge is 0.253 e. The molecule has 34 heavy (non-hydrogen) atoms. The first-order valence-electron chi connectivity index (χ1n) is 11.7. The number of aryl methyl sites for hydroxylation is 2. The lowest BCUT2D eigenvalue weighted by Gasteiger charge is -2.34. The van der Waals surface area contributed by atoms with Crippen molar-refractivity contribution in [1.29, 1.82) is 0 Å². The maximum Gasteiger partial charge on any atom is 0.253 e. The molecule has 2 aromatic carbocycles. The van der Waals surface area contributed by atoms with E-state index in [2.05, 4.69) is 27.3 Å². The van der Waals surface area contributed by atoms with Crippen molar-refractivity contribution in [2.45, 2.75) is 33.2 Å². The highest BCUT2D eigenvalue weighted by atomic mass is 16.5. The Bertz CT molecular complexity index is 1100. The predicted octanol–water partition coefficient (Wildman–Crippen LogP) is 3.07. The third-order valence-electron chi connectivity index (χ3n) is 6.04. The molecule has 1 aliphatic rings. The maximum absolute atomic E-state index is 12.8. The van der Waals surface area contributed by atoms with Gasteiger partial charge in [0.25, 0.3) is 5.91 Å². The Kier molecular flexibility index (Phi) is 7.69. The molecule has 2 amide bonds. The molecular formula is C26H31N5O3. The molecular weight excluding hydrogens is 430 g/mol. The molecule has 0 bridgehead atoms. The van der Waals surface area contributed by atoms with Crippen molar-refractivity contribution >= 4 is 11.8 Å². The second-order valence-corrected chi connectivity index (χ2v) is 8.72. The molecule has 0 saturated carbocycles. The molecule has 0 unspecified atom stereocenters. The van der Waals surface area contributed by atoms with Gasteiger partial charge in [0.2, 0.25) is 17.6 Å². The van der Waals surface area contributed by atoms with Gasteiger partial charge in [-0.1, -0.05) is 47.1 Å². The molecule has 0 atom stereocenters. The fourth-order valence-electron chi connectivity index (χ4n) is 3.98. The number of rotatable bonds is 8. The Hall–Kier alpha value is -3.52. The molecule has 1 aliphatic heterocycles. The minimum absolute atomic E-state index is 0.0558. The maximum atomic E-state index is 12.8. The standard InChI is InChI=1S/C26H31N5O3/c1-19-5-9-22(10-6-19)25-28-24(34-29-25)4-3-13-30-14-16-31(17-15-30)26(33)23-11-7-21(8-12-23)18-27-20(2)32/h5-12H,3-4,13-18H2,1-2H3,(H,27,32). The van der Waals surface area contributed by atoms with Crippen LogP contribution >= 0.6 is 0 Å². The fourth-order valence-corrected chi connectivity index (χ4v) is 3.98. The summed E-state index contributed by atoms with van der Waals surface area (Å²) in [5.41, 5.74) is 3.82. The minimum atomic E-state index is -0.0675. The van der Waals surface area contributed by atoms with Crippen molar-refractivity contribution < 1.29 is 14.1 Å². The zero-order chi connectivity index (χ0) is 23.9. The van der Waals surface area contributed by atoms with Crippen LogP contribution in [0.25, 0.3) is 11.4 Å². The van der Waals surface area contributed by atoms with Crippen LogP contribution in [0.1, 0.15) is 40.7 Å². The highest BCUT2D eigenvalue weighted by Gasteiger charge is 2.22. The van der Waals surface area contributed by atoms with E-state index in [0.29, 0.717) is 36.9 Å². The zero-order valence-electron chi connectivity index (χ0n) is 19.8. The van der Waals surface area contributed by atoms with E-state index in [1.54, 1.807) is 0 Å². The quantitative estimate of drug-likeness (QED) is 0.554. The number of amides is 2. The van der Waals surface area contributed by atoms with Crippen molar-refractivity contribution in [2.75, 3.05) is 32.7 Å². The Morgan fingerprint density at radius 1 is 1.00 bits per heavy atom. The molecule has 178 valence electrons. The summed E-state index contributed by atoms with van der Waals surface area (Å²) in [5, 5.41) is 6.86. The normalized spacial score (nSPS) is 14.2. The van der Waals surface area contributed by atoms with Gasteiger partial charge in [0.1, 0.15) is 0 Å². The molecule has 2 heterocycles. The third-order valence-corrected chi connectivity index (χ3v) is 6.04. The van der Waals surface area contributed by atoms with Gasteiger partial charge < -0.3 is 14.7 Å². The summed E-state index contributed by atoms with van der Waals surface area (Å²) in [6.45, 7) is 8.08. The second-order valence-electron chi connectivity index (χ2n) is 8.72. The monoisotopic (exact) mass is 461 g/mol. The average Bonchev–Trinajstić information content (AvgIpc) is 3.32. The van der Waals surface area contributed by atoms with Gasteiger partial charge in [0.05, 0.1) is 0 Å². The number of piperazine rings is 1. The molecule has 3 aromatic rings. The van der Waals surface area contributed by atoms with E-state index in [4.69, 9.17) is 4.52 Å². The van der Waals surface area contributed by atoms with Gasteiger partial charge in [-0.25, -0.2) is 0 Å². The van der Waals surface area contributed by atoms with Crippen LogP contribution in [0, 0.1) is 6.92 Å². The molecule has 1 saturated heterocycles. The first-order valence-corrected chi connectivity index (χ1v) is 11.7. The number of aromatic nitrogens is 2. The van der Waals surface area contributed by atoms with Crippen LogP contribution < -0.4 is 5.32 Å². The van der Waals surface area contributed by atoms with E-state index < -0.39 is 0 Å². The van der Waals surface area contributed by atoms with Gasteiger partial charge in [0, 0.05) is 57.2 Å². The van der Waals surface area contributed by atoms with E-state index in [1.807, 2.05) is 53.4 Å². The van der Waals surface area contributed by atoms with Gasteiger partial charge in [-0.2, -0.15) is 4.98 Å². The third kappa shape index (κ3) is 6.29. The molecule has 0 radical (unpaired) electrons. The van der Waals surface area contributed by atoms with Crippen molar-refractivity contribution in [3.05, 3.63) is 71.1 Å². The summed E-state index contributed by atoms with van der Waals surface area (Å²) in [6.07, 6.45) is 1.67. The van der Waals surface area contributed by atoms with Crippen molar-refractivity contribution in [1.82, 2.24) is 25.3 Å². The predicted molar refractivity (Wildman–Crippen MR) is 129 cm³/mol. The number of hydrogen-bond acceptors (Lipinski definition) is 6. The summed E-state index contributed by atoms with van der Waals surface area (Å²) in [5.74, 6) is 1.28. The van der Waals surface area contributed by atoms with Crippen LogP contribution in [0.5, 0.6) is 0 Å². The summed E-state index contributed by atoms with van der Waals surface area (Å²) in [6, 6.07) is 15.5. The molecule has 8 heteroatoms.